The van der Waals surface area contributed by atoms with E-state index in [0.717, 1.165) is 16.9 Å². The van der Waals surface area contributed by atoms with E-state index in [1.54, 1.807) is 67.8 Å². The molecule has 188 valence electrons. The Balaban J connectivity index is 1.37. The van der Waals surface area contributed by atoms with E-state index in [9.17, 15) is 14.4 Å². The molecular formula is C27H18ClN5O4S. The molecule has 9 nitrogen and oxygen atoms in total. The number of rotatable bonds is 5. The minimum Gasteiger partial charge on any atom is -0.497 e. The van der Waals surface area contributed by atoms with Crippen LogP contribution in [-0.2, 0) is 9.59 Å². The van der Waals surface area contributed by atoms with Gasteiger partial charge in [0.25, 0.3) is 11.5 Å². The maximum Gasteiger partial charge on any atom is 0.291 e. The van der Waals surface area contributed by atoms with Gasteiger partial charge in [-0.2, -0.15) is 9.50 Å². The van der Waals surface area contributed by atoms with Crippen LogP contribution < -0.4 is 25.0 Å². The Kier molecular flexibility index (Phi) is 5.90. The second-order valence-corrected chi connectivity index (χ2v) is 9.85. The molecule has 1 aliphatic heterocycles. The van der Waals surface area contributed by atoms with Gasteiger partial charge in [-0.05, 0) is 48.5 Å². The average molecular weight is 544 g/mol. The Morgan fingerprint density at radius 1 is 1.05 bits per heavy atom. The lowest BCUT2D eigenvalue weighted by molar-refractivity contribution is -0.118. The summed E-state index contributed by atoms with van der Waals surface area (Å²) in [5.41, 5.74) is 2.15. The van der Waals surface area contributed by atoms with Crippen molar-refractivity contribution in [2.75, 3.05) is 23.9 Å². The summed E-state index contributed by atoms with van der Waals surface area (Å²) in [7, 11) is 1.58. The first kappa shape index (κ1) is 23.8. The van der Waals surface area contributed by atoms with Gasteiger partial charge in [0.1, 0.15) is 16.8 Å². The van der Waals surface area contributed by atoms with Crippen LogP contribution in [0.15, 0.2) is 77.6 Å². The SMILES string of the molecule is COc1ccc(-c2nc3s/c(=C4\C(=O)N(CC(=O)Nc5cccc(Cl)c5)c5ccccc54)c(=O)n3n2)cc1. The number of para-hydroxylation sites is 1. The van der Waals surface area contributed by atoms with Crippen LogP contribution in [0.2, 0.25) is 5.02 Å². The monoisotopic (exact) mass is 543 g/mol. The number of carbonyl (C=O) groups excluding carboxylic acids is 2. The molecule has 3 aromatic carbocycles. The van der Waals surface area contributed by atoms with Gasteiger partial charge in [-0.25, -0.2) is 0 Å². The molecule has 1 aliphatic rings. The van der Waals surface area contributed by atoms with Crippen molar-refractivity contribution in [2.45, 2.75) is 0 Å². The molecule has 0 bridgehead atoms. The number of aromatic nitrogens is 3. The van der Waals surface area contributed by atoms with Crippen molar-refractivity contribution >= 4 is 56.7 Å². The van der Waals surface area contributed by atoms with Gasteiger partial charge in [-0.1, -0.05) is 47.2 Å². The molecule has 0 saturated carbocycles. The summed E-state index contributed by atoms with van der Waals surface area (Å²) in [4.78, 5) is 46.0. The summed E-state index contributed by atoms with van der Waals surface area (Å²) in [5, 5.41) is 7.62. The molecule has 5 aromatic rings. The van der Waals surface area contributed by atoms with Crippen LogP contribution >= 0.6 is 22.9 Å². The van der Waals surface area contributed by atoms with E-state index in [1.807, 2.05) is 12.1 Å². The van der Waals surface area contributed by atoms with Crippen molar-refractivity contribution in [3.63, 3.8) is 0 Å². The van der Waals surface area contributed by atoms with Crippen LogP contribution in [0.1, 0.15) is 5.56 Å². The molecule has 2 aromatic heterocycles. The van der Waals surface area contributed by atoms with E-state index >= 15 is 0 Å². The molecule has 0 radical (unpaired) electrons. The molecule has 1 N–H and O–H groups in total. The average Bonchev–Trinajstić information content (AvgIpc) is 3.55. The first-order valence-electron chi connectivity index (χ1n) is 11.5. The molecule has 0 saturated heterocycles. The topological polar surface area (TPSA) is 106 Å². The minimum atomic E-state index is -0.444. The molecule has 0 unspecified atom stereocenters. The molecule has 6 rings (SSSR count). The quantitative estimate of drug-likeness (QED) is 0.364. The molecule has 0 aliphatic carbocycles. The molecule has 0 fully saturated rings. The van der Waals surface area contributed by atoms with E-state index in [4.69, 9.17) is 16.3 Å². The van der Waals surface area contributed by atoms with E-state index in [2.05, 4.69) is 15.4 Å². The Labute approximate surface area is 224 Å². The van der Waals surface area contributed by atoms with Gasteiger partial charge in [0.05, 0.1) is 18.4 Å². The number of hydrogen-bond acceptors (Lipinski definition) is 7. The fourth-order valence-corrected chi connectivity index (χ4v) is 5.50. The Hall–Kier alpha value is -4.54. The molecule has 38 heavy (non-hydrogen) atoms. The van der Waals surface area contributed by atoms with Crippen molar-refractivity contribution in [3.05, 3.63) is 98.3 Å². The highest BCUT2D eigenvalue weighted by Gasteiger charge is 2.35. The van der Waals surface area contributed by atoms with Gasteiger partial charge in [-0.15, -0.1) is 5.10 Å². The third-order valence-corrected chi connectivity index (χ3v) is 7.33. The molecule has 0 spiro atoms. The van der Waals surface area contributed by atoms with Crippen molar-refractivity contribution in [2.24, 2.45) is 0 Å². The second kappa shape index (κ2) is 9.40. The summed E-state index contributed by atoms with van der Waals surface area (Å²) in [5.74, 6) is 0.252. The number of nitrogens with one attached hydrogen (secondary N) is 1. The Morgan fingerprint density at radius 3 is 2.58 bits per heavy atom. The first-order chi connectivity index (χ1) is 18.4. The summed E-state index contributed by atoms with van der Waals surface area (Å²) < 4.78 is 6.61. The van der Waals surface area contributed by atoms with Crippen LogP contribution in [0, 0.1) is 0 Å². The van der Waals surface area contributed by atoms with E-state index in [0.29, 0.717) is 38.5 Å². The Morgan fingerprint density at radius 2 is 1.84 bits per heavy atom. The first-order valence-corrected chi connectivity index (χ1v) is 12.7. The van der Waals surface area contributed by atoms with Crippen molar-refractivity contribution in [3.8, 4) is 17.1 Å². The lowest BCUT2D eigenvalue weighted by atomic mass is 10.1. The van der Waals surface area contributed by atoms with E-state index in [-0.39, 0.29) is 16.7 Å². The van der Waals surface area contributed by atoms with Crippen molar-refractivity contribution in [1.82, 2.24) is 14.6 Å². The number of anilines is 2. The number of ether oxygens (including phenoxy) is 1. The van der Waals surface area contributed by atoms with Gasteiger partial charge < -0.3 is 10.1 Å². The number of thiazole rings is 1. The van der Waals surface area contributed by atoms with Crippen LogP contribution in [0.5, 0.6) is 5.75 Å². The highest BCUT2D eigenvalue weighted by molar-refractivity contribution is 7.15. The van der Waals surface area contributed by atoms with Crippen molar-refractivity contribution < 1.29 is 14.3 Å². The molecule has 11 heteroatoms. The smallest absolute Gasteiger partial charge is 0.291 e. The number of amides is 2. The van der Waals surface area contributed by atoms with E-state index in [1.165, 1.54) is 9.42 Å². The summed E-state index contributed by atoms with van der Waals surface area (Å²) in [6.45, 7) is -0.234. The molecular weight excluding hydrogens is 526 g/mol. The van der Waals surface area contributed by atoms with Gasteiger partial charge in [-0.3, -0.25) is 19.3 Å². The van der Waals surface area contributed by atoms with Crippen LogP contribution in [0.4, 0.5) is 11.4 Å². The van der Waals surface area contributed by atoms with Crippen LogP contribution in [-0.4, -0.2) is 40.1 Å². The minimum absolute atomic E-state index is 0.219. The lowest BCUT2D eigenvalue weighted by Gasteiger charge is -2.16. The third-order valence-electron chi connectivity index (χ3n) is 6.07. The summed E-state index contributed by atoms with van der Waals surface area (Å²) in [6.07, 6.45) is 0. The largest absolute Gasteiger partial charge is 0.497 e. The standard InChI is InChI=1S/C27H18ClN5O4S/c1-37-18-11-9-15(10-12-18)24-30-27-33(31-24)26(36)23(38-27)22-19-7-2-3-8-20(19)32(25(22)35)14-21(34)29-17-6-4-5-16(28)13-17/h2-13H,14H2,1H3,(H,29,34)/b23-22-. The fourth-order valence-electron chi connectivity index (χ4n) is 4.31. The fraction of sp³-hybridized carbons (Fsp3) is 0.0741. The molecule has 0 atom stereocenters. The van der Waals surface area contributed by atoms with Crippen LogP contribution in [0.25, 0.3) is 21.9 Å². The number of fused-ring (bicyclic) bond motifs is 2. The lowest BCUT2D eigenvalue weighted by Crippen LogP contribution is -2.37. The van der Waals surface area contributed by atoms with Crippen molar-refractivity contribution in [1.29, 1.82) is 0 Å². The van der Waals surface area contributed by atoms with E-state index < -0.39 is 17.4 Å². The van der Waals surface area contributed by atoms with Gasteiger partial charge in [0.2, 0.25) is 10.9 Å². The highest BCUT2D eigenvalue weighted by Crippen LogP contribution is 2.35. The van der Waals surface area contributed by atoms with Gasteiger partial charge in [0, 0.05) is 21.8 Å². The third kappa shape index (κ3) is 4.09. The number of nitrogens with zero attached hydrogens (tertiary/aromatic N) is 4. The summed E-state index contributed by atoms with van der Waals surface area (Å²) >= 11 is 7.10. The zero-order valence-corrected chi connectivity index (χ0v) is 21.4. The van der Waals surface area contributed by atoms with Gasteiger partial charge in [0.15, 0.2) is 5.82 Å². The zero-order chi connectivity index (χ0) is 26.4. The number of halogens is 1. The zero-order valence-electron chi connectivity index (χ0n) is 19.8. The maximum atomic E-state index is 13.6. The van der Waals surface area contributed by atoms with Gasteiger partial charge >= 0.3 is 0 Å². The normalized spacial score (nSPS) is 14.2. The Bertz CT molecular complexity index is 1850. The molecule has 3 heterocycles. The predicted molar refractivity (Wildman–Crippen MR) is 146 cm³/mol. The maximum absolute atomic E-state index is 13.6. The molecule has 2 amide bonds. The number of benzene rings is 3. The highest BCUT2D eigenvalue weighted by atomic mass is 35.5. The summed E-state index contributed by atoms with van der Waals surface area (Å²) in [6, 6.07) is 21.0. The number of hydrogen-bond donors (Lipinski definition) is 1. The van der Waals surface area contributed by atoms with Crippen LogP contribution in [0.3, 0.4) is 0 Å². The second-order valence-electron chi connectivity index (χ2n) is 8.44. The number of methoxy groups -OCH3 is 1. The predicted octanol–water partition coefficient (Wildman–Crippen LogP) is 3.38. The number of carbonyl (C=O) groups is 2.